The van der Waals surface area contributed by atoms with Gasteiger partial charge in [0.15, 0.2) is 5.69 Å². The van der Waals surface area contributed by atoms with Gasteiger partial charge in [0, 0.05) is 31.3 Å². The number of aryl methyl sites for hydroxylation is 2. The van der Waals surface area contributed by atoms with Gasteiger partial charge in [-0.15, -0.1) is 0 Å². The number of amides is 1. The summed E-state index contributed by atoms with van der Waals surface area (Å²) in [4.78, 5) is 19.3. The van der Waals surface area contributed by atoms with Crippen molar-refractivity contribution in [1.82, 2.24) is 19.7 Å². The molecular weight excluding hydrogens is 344 g/mol. The molecule has 1 amide bonds. The highest BCUT2D eigenvalue weighted by Gasteiger charge is 2.30. The first-order chi connectivity index (χ1) is 13.1. The molecule has 0 unspecified atom stereocenters. The minimum absolute atomic E-state index is 0.0388. The Kier molecular flexibility index (Phi) is 4.43. The summed E-state index contributed by atoms with van der Waals surface area (Å²) < 4.78 is 13.2. The van der Waals surface area contributed by atoms with E-state index < -0.39 is 0 Å². The monoisotopic (exact) mass is 366 g/mol. The highest BCUT2D eigenvalue weighted by Crippen LogP contribution is 2.31. The lowest BCUT2D eigenvalue weighted by Gasteiger charge is -2.28. The average Bonchev–Trinajstić information content (AvgIpc) is 3.25. The topological polar surface area (TPSA) is 73.4 Å². The van der Waals surface area contributed by atoms with Gasteiger partial charge < -0.3 is 14.1 Å². The van der Waals surface area contributed by atoms with E-state index in [9.17, 15) is 4.79 Å². The number of hydrogen-bond acceptors (Lipinski definition) is 5. The molecule has 27 heavy (non-hydrogen) atoms. The van der Waals surface area contributed by atoms with Crippen molar-refractivity contribution in [3.05, 3.63) is 53.0 Å². The Bertz CT molecular complexity index is 989. The molecule has 0 radical (unpaired) electrons. The Hall–Kier alpha value is -3.09. The number of aromatic nitrogens is 3. The largest absolute Gasteiger partial charge is 0.493 e. The Balaban J connectivity index is 1.66. The molecule has 0 saturated heterocycles. The quantitative estimate of drug-likeness (QED) is 0.710. The van der Waals surface area contributed by atoms with Gasteiger partial charge in [-0.05, 0) is 26.0 Å². The summed E-state index contributed by atoms with van der Waals surface area (Å²) in [6, 6.07) is 7.37. The molecule has 2 aromatic heterocycles. The van der Waals surface area contributed by atoms with Gasteiger partial charge in [-0.1, -0.05) is 12.1 Å². The maximum absolute atomic E-state index is 13.1. The lowest BCUT2D eigenvalue weighted by molar-refractivity contribution is 0.0729. The molecule has 3 heterocycles. The van der Waals surface area contributed by atoms with Crippen LogP contribution in [0.3, 0.4) is 0 Å². The van der Waals surface area contributed by atoms with E-state index in [4.69, 9.17) is 9.15 Å². The van der Waals surface area contributed by atoms with E-state index in [0.717, 1.165) is 23.4 Å². The molecule has 0 aliphatic carbocycles. The van der Waals surface area contributed by atoms with E-state index in [1.807, 2.05) is 54.7 Å². The van der Waals surface area contributed by atoms with E-state index in [1.54, 1.807) is 6.20 Å². The maximum atomic E-state index is 13.1. The van der Waals surface area contributed by atoms with Gasteiger partial charge in [0.25, 0.3) is 5.91 Å². The van der Waals surface area contributed by atoms with Crippen LogP contribution in [0.15, 0.2) is 34.9 Å². The normalized spacial score (nSPS) is 13.5. The van der Waals surface area contributed by atoms with Crippen molar-refractivity contribution >= 4 is 5.91 Å². The summed E-state index contributed by atoms with van der Waals surface area (Å²) in [5.74, 6) is 1.81. The van der Waals surface area contributed by atoms with E-state index in [2.05, 4.69) is 10.1 Å². The summed E-state index contributed by atoms with van der Waals surface area (Å²) >= 11 is 0. The molecule has 1 aliphatic rings. The van der Waals surface area contributed by atoms with Crippen LogP contribution in [0.1, 0.15) is 34.3 Å². The molecule has 7 nitrogen and oxygen atoms in total. The summed E-state index contributed by atoms with van der Waals surface area (Å²) in [7, 11) is 1.92. The standard InChI is InChI=1S/C20H22N4O3/c1-4-26-17-8-6-5-7-14(17)20(25)24-10-9-16-15(12-24)18(22-23(16)3)19-21-11-13(2)27-19/h5-8,11H,4,9-10,12H2,1-3H3. The maximum Gasteiger partial charge on any atom is 0.257 e. The second-order valence-corrected chi connectivity index (χ2v) is 6.58. The minimum Gasteiger partial charge on any atom is -0.493 e. The zero-order valence-electron chi connectivity index (χ0n) is 15.7. The summed E-state index contributed by atoms with van der Waals surface area (Å²) in [5.41, 5.74) is 3.40. The number of ether oxygens (including phenoxy) is 1. The van der Waals surface area contributed by atoms with Crippen molar-refractivity contribution in [1.29, 1.82) is 0 Å². The summed E-state index contributed by atoms with van der Waals surface area (Å²) in [6.45, 7) is 5.39. The first kappa shape index (κ1) is 17.3. The smallest absolute Gasteiger partial charge is 0.257 e. The fourth-order valence-electron chi connectivity index (χ4n) is 3.50. The molecule has 0 fully saturated rings. The molecule has 1 aromatic carbocycles. The van der Waals surface area contributed by atoms with Crippen LogP contribution in [-0.2, 0) is 20.0 Å². The number of benzene rings is 1. The first-order valence-corrected chi connectivity index (χ1v) is 9.07. The SMILES string of the molecule is CCOc1ccccc1C(=O)N1CCc2c(c(-c3ncc(C)o3)nn2C)C1. The van der Waals surface area contributed by atoms with Crippen LogP contribution in [0, 0.1) is 6.92 Å². The zero-order chi connectivity index (χ0) is 19.0. The first-order valence-electron chi connectivity index (χ1n) is 9.07. The van der Waals surface area contributed by atoms with Gasteiger partial charge in [-0.25, -0.2) is 4.98 Å². The molecule has 3 aromatic rings. The van der Waals surface area contributed by atoms with Gasteiger partial charge in [-0.3, -0.25) is 9.48 Å². The van der Waals surface area contributed by atoms with E-state index in [-0.39, 0.29) is 5.91 Å². The third-order valence-corrected chi connectivity index (χ3v) is 4.77. The predicted molar refractivity (Wildman–Crippen MR) is 99.5 cm³/mol. The average molecular weight is 366 g/mol. The third kappa shape index (κ3) is 3.09. The zero-order valence-corrected chi connectivity index (χ0v) is 15.7. The molecule has 0 saturated carbocycles. The Labute approximate surface area is 157 Å². The fraction of sp³-hybridized carbons (Fsp3) is 0.350. The molecule has 0 N–H and O–H groups in total. The van der Waals surface area contributed by atoms with Gasteiger partial charge in [0.05, 0.1) is 24.9 Å². The lowest BCUT2D eigenvalue weighted by Crippen LogP contribution is -2.36. The van der Waals surface area contributed by atoms with Crippen molar-refractivity contribution in [2.24, 2.45) is 7.05 Å². The molecule has 4 rings (SSSR count). The van der Waals surface area contributed by atoms with Crippen LogP contribution in [0.4, 0.5) is 0 Å². The van der Waals surface area contributed by atoms with Crippen molar-refractivity contribution in [3.8, 4) is 17.3 Å². The van der Waals surface area contributed by atoms with Gasteiger partial charge in [0.1, 0.15) is 11.5 Å². The van der Waals surface area contributed by atoms with Crippen molar-refractivity contribution in [3.63, 3.8) is 0 Å². The number of nitrogens with zero attached hydrogens (tertiary/aromatic N) is 4. The molecule has 140 valence electrons. The molecule has 0 spiro atoms. The van der Waals surface area contributed by atoms with Crippen LogP contribution in [0.2, 0.25) is 0 Å². The molecule has 0 atom stereocenters. The highest BCUT2D eigenvalue weighted by molar-refractivity contribution is 5.97. The van der Waals surface area contributed by atoms with E-state index in [0.29, 0.717) is 42.6 Å². The van der Waals surface area contributed by atoms with Crippen LogP contribution >= 0.6 is 0 Å². The number of fused-ring (bicyclic) bond motifs is 1. The van der Waals surface area contributed by atoms with Crippen molar-refractivity contribution in [2.45, 2.75) is 26.8 Å². The highest BCUT2D eigenvalue weighted by atomic mass is 16.5. The molecular formula is C20H22N4O3. The fourth-order valence-corrected chi connectivity index (χ4v) is 3.50. The van der Waals surface area contributed by atoms with Gasteiger partial charge in [-0.2, -0.15) is 5.10 Å². The predicted octanol–water partition coefficient (Wildman–Crippen LogP) is 2.98. The number of carbonyl (C=O) groups excluding carboxylic acids is 1. The summed E-state index contributed by atoms with van der Waals surface area (Å²) in [5, 5.41) is 4.59. The Morgan fingerprint density at radius 3 is 2.89 bits per heavy atom. The van der Waals surface area contributed by atoms with Crippen LogP contribution < -0.4 is 4.74 Å². The Morgan fingerprint density at radius 2 is 2.15 bits per heavy atom. The second-order valence-electron chi connectivity index (χ2n) is 6.58. The van der Waals surface area contributed by atoms with Crippen LogP contribution in [-0.4, -0.2) is 38.7 Å². The van der Waals surface area contributed by atoms with E-state index >= 15 is 0 Å². The molecule has 0 bridgehead atoms. The van der Waals surface area contributed by atoms with E-state index in [1.165, 1.54) is 0 Å². The second kappa shape index (κ2) is 6.90. The van der Waals surface area contributed by atoms with Crippen LogP contribution in [0.5, 0.6) is 5.75 Å². The van der Waals surface area contributed by atoms with Gasteiger partial charge >= 0.3 is 0 Å². The lowest BCUT2D eigenvalue weighted by atomic mass is 10.0. The molecule has 7 heteroatoms. The minimum atomic E-state index is -0.0388. The Morgan fingerprint density at radius 1 is 1.33 bits per heavy atom. The number of carbonyl (C=O) groups is 1. The van der Waals surface area contributed by atoms with Crippen molar-refractivity contribution < 1.29 is 13.9 Å². The number of para-hydroxylation sites is 1. The summed E-state index contributed by atoms with van der Waals surface area (Å²) in [6.07, 6.45) is 2.42. The van der Waals surface area contributed by atoms with Crippen molar-refractivity contribution in [2.75, 3.05) is 13.2 Å². The number of rotatable bonds is 4. The third-order valence-electron chi connectivity index (χ3n) is 4.77. The number of oxazole rings is 1. The van der Waals surface area contributed by atoms with Gasteiger partial charge in [0.2, 0.25) is 5.89 Å². The number of hydrogen-bond donors (Lipinski definition) is 0. The van der Waals surface area contributed by atoms with Crippen LogP contribution in [0.25, 0.3) is 11.6 Å². The molecule has 1 aliphatic heterocycles.